The summed E-state index contributed by atoms with van der Waals surface area (Å²) in [5.41, 5.74) is 4.41. The highest BCUT2D eigenvalue weighted by Crippen LogP contribution is 2.36. The molecule has 6 nitrogen and oxygen atoms in total. The van der Waals surface area contributed by atoms with E-state index in [0.717, 1.165) is 16.7 Å². The van der Waals surface area contributed by atoms with Gasteiger partial charge in [-0.15, -0.1) is 0 Å². The standard InChI is InChI=1S/C29H20N2O4/c32-28-24-16-7-8-17-25(24)29(33)30(28)19-26(20-10-3-1-4-11-20)27(21-12-5-2-6-13-21)22-14-9-15-23(18-22)31(34)35/h1-18H,19H2/b27-26+. The van der Waals surface area contributed by atoms with Crippen LogP contribution in [0.4, 0.5) is 5.69 Å². The number of carbonyl (C=O) groups excluding carboxylic acids is 2. The number of nitro benzene ring substituents is 1. The van der Waals surface area contributed by atoms with Crippen LogP contribution in [-0.2, 0) is 0 Å². The monoisotopic (exact) mass is 460 g/mol. The molecule has 0 spiro atoms. The Morgan fingerprint density at radius 3 is 1.74 bits per heavy atom. The van der Waals surface area contributed by atoms with E-state index in [1.54, 1.807) is 36.4 Å². The number of benzene rings is 4. The highest BCUT2D eigenvalue weighted by Gasteiger charge is 2.36. The van der Waals surface area contributed by atoms with Gasteiger partial charge in [-0.3, -0.25) is 24.6 Å². The Morgan fingerprint density at radius 1 is 0.657 bits per heavy atom. The van der Waals surface area contributed by atoms with Crippen LogP contribution in [-0.4, -0.2) is 28.2 Å². The van der Waals surface area contributed by atoms with Gasteiger partial charge < -0.3 is 0 Å². The molecular weight excluding hydrogens is 440 g/mol. The maximum Gasteiger partial charge on any atom is 0.270 e. The van der Waals surface area contributed by atoms with Crippen LogP contribution < -0.4 is 0 Å². The van der Waals surface area contributed by atoms with Gasteiger partial charge in [-0.2, -0.15) is 0 Å². The number of nitro groups is 1. The largest absolute Gasteiger partial charge is 0.270 e. The zero-order valence-corrected chi connectivity index (χ0v) is 18.6. The van der Waals surface area contributed by atoms with Crippen LogP contribution in [0.3, 0.4) is 0 Å². The van der Waals surface area contributed by atoms with E-state index in [9.17, 15) is 19.7 Å². The molecule has 5 rings (SSSR count). The maximum absolute atomic E-state index is 13.2. The third kappa shape index (κ3) is 4.13. The molecule has 0 saturated heterocycles. The smallest absolute Gasteiger partial charge is 0.270 e. The first-order valence-electron chi connectivity index (χ1n) is 11.1. The lowest BCUT2D eigenvalue weighted by atomic mass is 9.89. The van der Waals surface area contributed by atoms with Crippen molar-refractivity contribution in [3.05, 3.63) is 147 Å². The number of non-ortho nitro benzene ring substituents is 1. The van der Waals surface area contributed by atoms with Crippen molar-refractivity contribution < 1.29 is 14.5 Å². The van der Waals surface area contributed by atoms with E-state index in [4.69, 9.17) is 0 Å². The minimum absolute atomic E-state index is 0.0171. The number of amides is 2. The van der Waals surface area contributed by atoms with Crippen molar-refractivity contribution in [2.24, 2.45) is 0 Å². The molecule has 35 heavy (non-hydrogen) atoms. The molecule has 6 heteroatoms. The van der Waals surface area contributed by atoms with Crippen molar-refractivity contribution in [2.45, 2.75) is 0 Å². The van der Waals surface area contributed by atoms with Crippen molar-refractivity contribution in [1.82, 2.24) is 4.90 Å². The minimum Gasteiger partial charge on any atom is -0.270 e. The Kier molecular flexibility index (Phi) is 5.77. The molecule has 4 aromatic carbocycles. The molecular formula is C29H20N2O4. The van der Waals surface area contributed by atoms with Crippen molar-refractivity contribution in [3.8, 4) is 0 Å². The Balaban J connectivity index is 1.74. The SMILES string of the molecule is O=C1c2ccccc2C(=O)N1C/C(=C(/c1ccccc1)c1cccc([N+](=O)[O-])c1)c1ccccc1. The fraction of sp³-hybridized carbons (Fsp3) is 0.0345. The van der Waals surface area contributed by atoms with E-state index in [1.807, 2.05) is 60.7 Å². The molecule has 4 aromatic rings. The van der Waals surface area contributed by atoms with Gasteiger partial charge in [-0.1, -0.05) is 84.9 Å². The molecule has 1 heterocycles. The third-order valence-corrected chi connectivity index (χ3v) is 6.03. The van der Waals surface area contributed by atoms with Crippen LogP contribution in [0.2, 0.25) is 0 Å². The highest BCUT2D eigenvalue weighted by molar-refractivity contribution is 6.22. The second-order valence-corrected chi connectivity index (χ2v) is 8.14. The number of rotatable bonds is 6. The van der Waals surface area contributed by atoms with E-state index in [1.165, 1.54) is 17.0 Å². The van der Waals surface area contributed by atoms with Gasteiger partial charge in [-0.05, 0) is 40.0 Å². The Bertz CT molecular complexity index is 1440. The molecule has 1 aliphatic heterocycles. The molecule has 0 fully saturated rings. The molecule has 0 saturated carbocycles. The number of imide groups is 1. The summed E-state index contributed by atoms with van der Waals surface area (Å²) in [5.74, 6) is -0.712. The quantitative estimate of drug-likeness (QED) is 0.156. The van der Waals surface area contributed by atoms with Crippen molar-refractivity contribution in [1.29, 1.82) is 0 Å². The minimum atomic E-state index is -0.432. The summed E-state index contributed by atoms with van der Waals surface area (Å²) >= 11 is 0. The maximum atomic E-state index is 13.2. The summed E-state index contributed by atoms with van der Waals surface area (Å²) in [6, 6.07) is 32.2. The summed E-state index contributed by atoms with van der Waals surface area (Å²) in [5, 5.41) is 11.5. The van der Waals surface area contributed by atoms with Crippen molar-refractivity contribution in [2.75, 3.05) is 6.54 Å². The lowest BCUT2D eigenvalue weighted by molar-refractivity contribution is -0.384. The van der Waals surface area contributed by atoms with Crippen LogP contribution in [0.5, 0.6) is 0 Å². The molecule has 0 radical (unpaired) electrons. The first-order valence-corrected chi connectivity index (χ1v) is 11.1. The molecule has 0 unspecified atom stereocenters. The molecule has 1 aliphatic rings. The Hall–Kier alpha value is -4.84. The lowest BCUT2D eigenvalue weighted by Gasteiger charge is -2.22. The molecule has 0 aliphatic carbocycles. The van der Waals surface area contributed by atoms with Gasteiger partial charge >= 0.3 is 0 Å². The third-order valence-electron chi connectivity index (χ3n) is 6.03. The van der Waals surface area contributed by atoms with Crippen LogP contribution in [0.15, 0.2) is 109 Å². The highest BCUT2D eigenvalue weighted by atomic mass is 16.6. The van der Waals surface area contributed by atoms with Gasteiger partial charge in [0.15, 0.2) is 0 Å². The fourth-order valence-corrected chi connectivity index (χ4v) is 4.39. The summed E-state index contributed by atoms with van der Waals surface area (Å²) in [6.45, 7) is 0.0171. The lowest BCUT2D eigenvalue weighted by Crippen LogP contribution is -2.31. The second kappa shape index (κ2) is 9.19. The molecule has 0 aromatic heterocycles. The predicted molar refractivity (Wildman–Crippen MR) is 134 cm³/mol. The summed E-state index contributed by atoms with van der Waals surface area (Å²) in [4.78, 5) is 38.8. The van der Waals surface area contributed by atoms with Gasteiger partial charge in [0.1, 0.15) is 0 Å². The van der Waals surface area contributed by atoms with E-state index in [0.29, 0.717) is 22.3 Å². The average Bonchev–Trinajstić information content (AvgIpc) is 3.14. The van der Waals surface area contributed by atoms with Crippen LogP contribution in [0, 0.1) is 10.1 Å². The number of carbonyl (C=O) groups is 2. The van der Waals surface area contributed by atoms with Gasteiger partial charge in [0, 0.05) is 12.1 Å². The normalized spacial score (nSPS) is 13.4. The van der Waals surface area contributed by atoms with E-state index in [-0.39, 0.29) is 24.0 Å². The van der Waals surface area contributed by atoms with Gasteiger partial charge in [0.2, 0.25) is 0 Å². The van der Waals surface area contributed by atoms with Crippen LogP contribution in [0.1, 0.15) is 37.4 Å². The van der Waals surface area contributed by atoms with Gasteiger partial charge in [0.05, 0.1) is 22.6 Å². The van der Waals surface area contributed by atoms with Gasteiger partial charge in [0.25, 0.3) is 17.5 Å². The first kappa shape index (κ1) is 22.0. The van der Waals surface area contributed by atoms with Gasteiger partial charge in [-0.25, -0.2) is 0 Å². The predicted octanol–water partition coefficient (Wildman–Crippen LogP) is 5.85. The zero-order chi connectivity index (χ0) is 24.4. The van der Waals surface area contributed by atoms with Crippen molar-refractivity contribution >= 4 is 28.6 Å². The Morgan fingerprint density at radius 2 is 1.17 bits per heavy atom. The van der Waals surface area contributed by atoms with Crippen LogP contribution in [0.25, 0.3) is 11.1 Å². The number of hydrogen-bond donors (Lipinski definition) is 0. The number of fused-ring (bicyclic) bond motifs is 1. The summed E-state index contributed by atoms with van der Waals surface area (Å²) in [7, 11) is 0. The fourth-order valence-electron chi connectivity index (χ4n) is 4.39. The number of hydrogen-bond acceptors (Lipinski definition) is 4. The molecule has 0 bridgehead atoms. The van der Waals surface area contributed by atoms with E-state index < -0.39 is 4.92 Å². The summed E-state index contributed by atoms with van der Waals surface area (Å²) in [6.07, 6.45) is 0. The zero-order valence-electron chi connectivity index (χ0n) is 18.6. The topological polar surface area (TPSA) is 80.5 Å². The molecule has 0 N–H and O–H groups in total. The second-order valence-electron chi connectivity index (χ2n) is 8.14. The van der Waals surface area contributed by atoms with E-state index in [2.05, 4.69) is 0 Å². The average molecular weight is 460 g/mol. The number of nitrogens with zero attached hydrogens (tertiary/aromatic N) is 2. The molecule has 0 atom stereocenters. The van der Waals surface area contributed by atoms with E-state index >= 15 is 0 Å². The Labute approximate surface area is 201 Å². The van der Waals surface area contributed by atoms with Crippen molar-refractivity contribution in [3.63, 3.8) is 0 Å². The summed E-state index contributed by atoms with van der Waals surface area (Å²) < 4.78 is 0. The molecule has 170 valence electrons. The van der Waals surface area contributed by atoms with Crippen LogP contribution >= 0.6 is 0 Å². The molecule has 2 amide bonds. The first-order chi connectivity index (χ1) is 17.0.